The summed E-state index contributed by atoms with van der Waals surface area (Å²) in [5.74, 6) is 0.236. The molecule has 9 heteroatoms. The molecule has 6 nitrogen and oxygen atoms in total. The number of carbonyl (C=O) groups excluding carboxylic acids is 1. The zero-order chi connectivity index (χ0) is 22.2. The van der Waals surface area contributed by atoms with Gasteiger partial charge in [-0.05, 0) is 30.5 Å². The second-order valence-corrected chi connectivity index (χ2v) is 7.62. The Morgan fingerprint density at radius 1 is 1.29 bits per heavy atom. The molecule has 1 aromatic carbocycles. The standard InChI is InChI=1S/C22H23F3N4O2/c1-3-14-4-6-15(7-5-14)18-10-19(22(23,24)25)29-20(28-18)17(12-27-29)21(30)26-11-16-8-9-31-13(16)2/h4-9,12,18-19,28H,3,10-11H2,1-2H3,(H,26,30). The van der Waals surface area contributed by atoms with Gasteiger partial charge < -0.3 is 15.1 Å². The molecule has 1 aliphatic rings. The number of rotatable bonds is 5. The number of benzene rings is 1. The molecule has 0 spiro atoms. The van der Waals surface area contributed by atoms with E-state index in [0.717, 1.165) is 27.8 Å². The van der Waals surface area contributed by atoms with Gasteiger partial charge in [0.25, 0.3) is 5.91 Å². The lowest BCUT2D eigenvalue weighted by molar-refractivity contribution is -0.173. The molecule has 3 heterocycles. The summed E-state index contributed by atoms with van der Waals surface area (Å²) in [6.45, 7) is 3.99. The van der Waals surface area contributed by atoms with Crippen LogP contribution in [0.2, 0.25) is 0 Å². The average molecular weight is 432 g/mol. The monoisotopic (exact) mass is 432 g/mol. The number of anilines is 1. The largest absolute Gasteiger partial charge is 0.469 e. The molecule has 0 aliphatic carbocycles. The molecular formula is C22H23F3N4O2. The van der Waals surface area contributed by atoms with Gasteiger partial charge in [0.1, 0.15) is 17.1 Å². The fourth-order valence-corrected chi connectivity index (χ4v) is 3.80. The van der Waals surface area contributed by atoms with Gasteiger partial charge in [-0.15, -0.1) is 0 Å². The number of carbonyl (C=O) groups is 1. The summed E-state index contributed by atoms with van der Waals surface area (Å²) >= 11 is 0. The van der Waals surface area contributed by atoms with Crippen LogP contribution >= 0.6 is 0 Å². The molecule has 2 N–H and O–H groups in total. The van der Waals surface area contributed by atoms with E-state index in [0.29, 0.717) is 5.76 Å². The topological polar surface area (TPSA) is 72.1 Å². The highest BCUT2D eigenvalue weighted by molar-refractivity contribution is 5.98. The summed E-state index contributed by atoms with van der Waals surface area (Å²) in [5, 5.41) is 9.73. The van der Waals surface area contributed by atoms with Crippen LogP contribution in [0.25, 0.3) is 0 Å². The van der Waals surface area contributed by atoms with E-state index in [9.17, 15) is 18.0 Å². The molecule has 0 saturated heterocycles. The number of alkyl halides is 3. The molecule has 0 bridgehead atoms. The smallest absolute Gasteiger partial charge is 0.410 e. The van der Waals surface area contributed by atoms with Crippen molar-refractivity contribution < 1.29 is 22.4 Å². The summed E-state index contributed by atoms with van der Waals surface area (Å²) in [6.07, 6.45) is -1.16. The minimum atomic E-state index is -4.49. The number of aromatic nitrogens is 2. The molecule has 0 fully saturated rings. The van der Waals surface area contributed by atoms with Crippen molar-refractivity contribution in [1.82, 2.24) is 15.1 Å². The van der Waals surface area contributed by atoms with Crippen LogP contribution in [0.15, 0.2) is 47.2 Å². The van der Waals surface area contributed by atoms with Gasteiger partial charge in [-0.1, -0.05) is 31.2 Å². The Kier molecular flexibility index (Phi) is 5.51. The van der Waals surface area contributed by atoms with Crippen LogP contribution in [0.1, 0.15) is 58.2 Å². The van der Waals surface area contributed by atoms with Gasteiger partial charge in [0, 0.05) is 18.5 Å². The number of halogens is 3. The lowest BCUT2D eigenvalue weighted by atomic mass is 9.95. The molecule has 2 atom stereocenters. The van der Waals surface area contributed by atoms with E-state index in [1.807, 2.05) is 31.2 Å². The molecule has 4 rings (SSSR count). The lowest BCUT2D eigenvalue weighted by Crippen LogP contribution is -2.36. The summed E-state index contributed by atoms with van der Waals surface area (Å²) in [6, 6.07) is 6.80. The molecule has 0 saturated carbocycles. The average Bonchev–Trinajstić information content (AvgIpc) is 3.36. The van der Waals surface area contributed by atoms with E-state index in [-0.39, 0.29) is 24.3 Å². The van der Waals surface area contributed by atoms with Crippen LogP contribution in [0.4, 0.5) is 19.0 Å². The van der Waals surface area contributed by atoms with Crippen LogP contribution in [0.5, 0.6) is 0 Å². The van der Waals surface area contributed by atoms with Gasteiger partial charge in [0.2, 0.25) is 0 Å². The minimum Gasteiger partial charge on any atom is -0.469 e. The second-order valence-electron chi connectivity index (χ2n) is 7.62. The first-order valence-corrected chi connectivity index (χ1v) is 10.1. The van der Waals surface area contributed by atoms with Crippen molar-refractivity contribution in [3.8, 4) is 0 Å². The predicted molar refractivity (Wildman–Crippen MR) is 109 cm³/mol. The predicted octanol–water partition coefficient (Wildman–Crippen LogP) is 4.94. The Labute approximate surface area is 177 Å². The summed E-state index contributed by atoms with van der Waals surface area (Å²) in [5.41, 5.74) is 2.71. The molecular weight excluding hydrogens is 409 g/mol. The number of hydrogen-bond acceptors (Lipinski definition) is 4. The highest BCUT2D eigenvalue weighted by Gasteiger charge is 2.47. The van der Waals surface area contributed by atoms with Gasteiger partial charge in [-0.2, -0.15) is 18.3 Å². The molecule has 0 radical (unpaired) electrons. The highest BCUT2D eigenvalue weighted by Crippen LogP contribution is 2.44. The fraction of sp³-hybridized carbons (Fsp3) is 0.364. The number of nitrogens with zero attached hydrogens (tertiary/aromatic N) is 2. The van der Waals surface area contributed by atoms with E-state index < -0.39 is 24.2 Å². The van der Waals surface area contributed by atoms with Crippen molar-refractivity contribution in [2.45, 2.75) is 51.5 Å². The number of aryl methyl sites for hydroxylation is 2. The first-order valence-electron chi connectivity index (χ1n) is 10.1. The Balaban J connectivity index is 1.62. The molecule has 3 aromatic rings. The van der Waals surface area contributed by atoms with Gasteiger partial charge >= 0.3 is 6.18 Å². The van der Waals surface area contributed by atoms with Crippen molar-refractivity contribution in [3.63, 3.8) is 0 Å². The molecule has 1 amide bonds. The van der Waals surface area contributed by atoms with E-state index in [1.165, 1.54) is 12.5 Å². The minimum absolute atomic E-state index is 0.0690. The third-order valence-electron chi connectivity index (χ3n) is 5.68. The Morgan fingerprint density at radius 3 is 2.65 bits per heavy atom. The normalized spacial score (nSPS) is 18.4. The van der Waals surface area contributed by atoms with Crippen molar-refractivity contribution in [1.29, 1.82) is 0 Å². The van der Waals surface area contributed by atoms with Crippen LogP contribution < -0.4 is 10.6 Å². The molecule has 2 aromatic heterocycles. The number of furan rings is 1. The van der Waals surface area contributed by atoms with E-state index >= 15 is 0 Å². The Hall–Kier alpha value is -3.23. The van der Waals surface area contributed by atoms with Crippen molar-refractivity contribution in [2.24, 2.45) is 0 Å². The first kappa shape index (κ1) is 21.0. The van der Waals surface area contributed by atoms with Crippen LogP contribution in [-0.4, -0.2) is 21.9 Å². The van der Waals surface area contributed by atoms with Crippen LogP contribution in [0.3, 0.4) is 0 Å². The molecule has 2 unspecified atom stereocenters. The van der Waals surface area contributed by atoms with Crippen LogP contribution in [0, 0.1) is 6.92 Å². The maximum Gasteiger partial charge on any atom is 0.410 e. The lowest BCUT2D eigenvalue weighted by Gasteiger charge is -2.34. The van der Waals surface area contributed by atoms with Crippen LogP contribution in [-0.2, 0) is 13.0 Å². The van der Waals surface area contributed by atoms with Gasteiger partial charge in [0.15, 0.2) is 6.04 Å². The third kappa shape index (κ3) is 4.17. The third-order valence-corrected chi connectivity index (χ3v) is 5.68. The molecule has 164 valence electrons. The first-order chi connectivity index (χ1) is 14.8. The maximum absolute atomic E-state index is 13.8. The number of fused-ring (bicyclic) bond motifs is 1. The number of amides is 1. The summed E-state index contributed by atoms with van der Waals surface area (Å²) < 4.78 is 47.5. The fourth-order valence-electron chi connectivity index (χ4n) is 3.80. The van der Waals surface area contributed by atoms with E-state index in [4.69, 9.17) is 4.42 Å². The highest BCUT2D eigenvalue weighted by atomic mass is 19.4. The Morgan fingerprint density at radius 2 is 2.03 bits per heavy atom. The molecule has 31 heavy (non-hydrogen) atoms. The SMILES string of the molecule is CCc1ccc(C2CC(C(F)(F)F)n3ncc(C(=O)NCc4ccoc4C)c3N2)cc1. The zero-order valence-electron chi connectivity index (χ0n) is 17.2. The quantitative estimate of drug-likeness (QED) is 0.599. The van der Waals surface area contributed by atoms with Crippen molar-refractivity contribution in [3.05, 3.63) is 70.8 Å². The number of nitrogens with one attached hydrogen (secondary N) is 2. The van der Waals surface area contributed by atoms with Gasteiger partial charge in [-0.25, -0.2) is 4.68 Å². The van der Waals surface area contributed by atoms with Crippen molar-refractivity contribution >= 4 is 11.7 Å². The second kappa shape index (κ2) is 8.13. The van der Waals surface area contributed by atoms with E-state index in [1.54, 1.807) is 13.0 Å². The summed E-state index contributed by atoms with van der Waals surface area (Å²) in [4.78, 5) is 12.8. The zero-order valence-corrected chi connectivity index (χ0v) is 17.2. The molecule has 1 aliphatic heterocycles. The summed E-state index contributed by atoms with van der Waals surface area (Å²) in [7, 11) is 0. The van der Waals surface area contributed by atoms with E-state index in [2.05, 4.69) is 15.7 Å². The maximum atomic E-state index is 13.8. The number of hydrogen-bond donors (Lipinski definition) is 2. The Bertz CT molecular complexity index is 1070. The van der Waals surface area contributed by atoms with Gasteiger partial charge in [0.05, 0.1) is 18.5 Å². The van der Waals surface area contributed by atoms with Gasteiger partial charge in [-0.3, -0.25) is 4.79 Å². The van der Waals surface area contributed by atoms with Crippen molar-refractivity contribution in [2.75, 3.05) is 5.32 Å².